The Balaban J connectivity index is 2.48. The van der Waals surface area contributed by atoms with Crippen LogP contribution in [0.5, 0.6) is 0 Å². The number of hydrogen-bond acceptors (Lipinski definition) is 3. The van der Waals surface area contributed by atoms with Crippen LogP contribution in [0.25, 0.3) is 0 Å². The molecule has 0 saturated heterocycles. The molecule has 0 bridgehead atoms. The van der Waals surface area contributed by atoms with Crippen molar-refractivity contribution in [2.45, 2.75) is 25.7 Å². The summed E-state index contributed by atoms with van der Waals surface area (Å²) in [4.78, 5) is 1.40. The molecule has 6 heteroatoms. The molecule has 1 aromatic rings. The molecule has 0 aliphatic carbocycles. The molecule has 1 heterocycles. The van der Waals surface area contributed by atoms with E-state index in [0.717, 1.165) is 5.56 Å². The molecule has 1 atom stereocenters. The maximum absolute atomic E-state index is 12.1. The van der Waals surface area contributed by atoms with Gasteiger partial charge in [0, 0.05) is 18.7 Å². The number of aliphatic hydroxyl groups is 1. The molecule has 0 fully saturated rings. The first-order valence-electron chi connectivity index (χ1n) is 4.77. The van der Waals surface area contributed by atoms with Gasteiger partial charge in [-0.15, -0.1) is 0 Å². The number of hydrogen-bond donors (Lipinski definition) is 1. The van der Waals surface area contributed by atoms with Crippen molar-refractivity contribution in [2.75, 3.05) is 13.6 Å². The number of likely N-dealkylation sites (N-methyl/N-ethyl adjacent to an activating group) is 1. The van der Waals surface area contributed by atoms with Gasteiger partial charge >= 0.3 is 6.18 Å². The van der Waals surface area contributed by atoms with Crippen LogP contribution in [-0.4, -0.2) is 35.9 Å². The van der Waals surface area contributed by atoms with E-state index in [0.29, 0.717) is 12.3 Å². The fraction of sp³-hybridized carbons (Fsp3) is 0.600. The Morgan fingerprint density at radius 2 is 2.12 bits per heavy atom. The van der Waals surface area contributed by atoms with Crippen molar-refractivity contribution in [3.05, 3.63) is 23.7 Å². The summed E-state index contributed by atoms with van der Waals surface area (Å²) in [6, 6.07) is 1.70. The summed E-state index contributed by atoms with van der Waals surface area (Å²) in [6.07, 6.45) is -5.40. The van der Waals surface area contributed by atoms with Crippen molar-refractivity contribution in [3.63, 3.8) is 0 Å². The zero-order valence-electron chi connectivity index (χ0n) is 9.08. The molecule has 0 radical (unpaired) electrons. The van der Waals surface area contributed by atoms with Gasteiger partial charge in [-0.25, -0.2) is 0 Å². The van der Waals surface area contributed by atoms with E-state index >= 15 is 0 Å². The highest BCUT2D eigenvalue weighted by molar-refractivity contribution is 5.14. The Morgan fingerprint density at radius 1 is 1.50 bits per heavy atom. The second-order valence-corrected chi connectivity index (χ2v) is 3.76. The van der Waals surface area contributed by atoms with E-state index in [1.807, 2.05) is 0 Å². The number of aliphatic hydroxyl groups excluding tert-OH is 1. The highest BCUT2D eigenvalue weighted by Gasteiger charge is 2.38. The van der Waals surface area contributed by atoms with E-state index in [2.05, 4.69) is 0 Å². The van der Waals surface area contributed by atoms with E-state index < -0.39 is 18.8 Å². The summed E-state index contributed by atoms with van der Waals surface area (Å²) in [5.74, 6) is 0.674. The fourth-order valence-electron chi connectivity index (χ4n) is 1.33. The molecule has 0 amide bonds. The largest absolute Gasteiger partial charge is 0.469 e. The molecule has 0 aliphatic rings. The molecular formula is C10H14F3NO2. The summed E-state index contributed by atoms with van der Waals surface area (Å²) in [5.41, 5.74) is 0.817. The van der Waals surface area contributed by atoms with E-state index in [1.54, 1.807) is 13.0 Å². The Labute approximate surface area is 91.5 Å². The second kappa shape index (κ2) is 4.88. The van der Waals surface area contributed by atoms with Crippen molar-refractivity contribution in [3.8, 4) is 0 Å². The molecule has 0 aliphatic heterocycles. The van der Waals surface area contributed by atoms with Crippen LogP contribution in [0.3, 0.4) is 0 Å². The highest BCUT2D eigenvalue weighted by Crippen LogP contribution is 2.21. The minimum atomic E-state index is -4.57. The highest BCUT2D eigenvalue weighted by atomic mass is 19.4. The minimum Gasteiger partial charge on any atom is -0.469 e. The summed E-state index contributed by atoms with van der Waals surface area (Å²) < 4.78 is 41.2. The van der Waals surface area contributed by atoms with Gasteiger partial charge in [-0.1, -0.05) is 0 Å². The van der Waals surface area contributed by atoms with Gasteiger partial charge in [-0.05, 0) is 20.0 Å². The fourth-order valence-corrected chi connectivity index (χ4v) is 1.33. The van der Waals surface area contributed by atoms with Gasteiger partial charge < -0.3 is 9.52 Å². The first-order valence-corrected chi connectivity index (χ1v) is 4.77. The van der Waals surface area contributed by atoms with Crippen LogP contribution in [0.4, 0.5) is 13.2 Å². The lowest BCUT2D eigenvalue weighted by Gasteiger charge is -2.21. The van der Waals surface area contributed by atoms with Crippen molar-refractivity contribution in [2.24, 2.45) is 0 Å². The van der Waals surface area contributed by atoms with E-state index in [4.69, 9.17) is 9.52 Å². The van der Waals surface area contributed by atoms with Crippen LogP contribution >= 0.6 is 0 Å². The van der Waals surface area contributed by atoms with Crippen molar-refractivity contribution >= 4 is 0 Å². The Morgan fingerprint density at radius 3 is 2.56 bits per heavy atom. The second-order valence-electron chi connectivity index (χ2n) is 3.76. The molecule has 0 spiro atoms. The smallest absolute Gasteiger partial charge is 0.415 e. The van der Waals surface area contributed by atoms with Gasteiger partial charge in [0.05, 0.1) is 6.26 Å². The van der Waals surface area contributed by atoms with Crippen molar-refractivity contribution in [1.82, 2.24) is 4.90 Å². The van der Waals surface area contributed by atoms with Crippen molar-refractivity contribution < 1.29 is 22.7 Å². The van der Waals surface area contributed by atoms with Crippen LogP contribution in [0.15, 0.2) is 16.7 Å². The maximum atomic E-state index is 12.1. The zero-order valence-corrected chi connectivity index (χ0v) is 9.08. The van der Waals surface area contributed by atoms with E-state index in [9.17, 15) is 13.2 Å². The summed E-state index contributed by atoms with van der Waals surface area (Å²) in [5, 5.41) is 8.86. The van der Waals surface area contributed by atoms with Crippen LogP contribution in [0, 0.1) is 6.92 Å². The minimum absolute atomic E-state index is 0.315. The lowest BCUT2D eigenvalue weighted by molar-refractivity contribution is -0.207. The van der Waals surface area contributed by atoms with Crippen molar-refractivity contribution in [1.29, 1.82) is 0 Å². The summed E-state index contributed by atoms with van der Waals surface area (Å²) >= 11 is 0. The molecule has 0 aromatic carbocycles. The SMILES string of the molecule is Cc1occc1CN(C)CC(O)C(F)(F)F. The van der Waals surface area contributed by atoms with Crippen LogP contribution in [0.2, 0.25) is 0 Å². The number of nitrogens with zero attached hydrogens (tertiary/aromatic N) is 1. The van der Waals surface area contributed by atoms with Crippen LogP contribution < -0.4 is 0 Å². The third-order valence-electron chi connectivity index (χ3n) is 2.27. The number of furan rings is 1. The molecule has 0 saturated carbocycles. The van der Waals surface area contributed by atoms with Gasteiger partial charge in [0.15, 0.2) is 6.10 Å². The predicted octanol–water partition coefficient (Wildman–Crippen LogP) is 1.94. The van der Waals surface area contributed by atoms with Gasteiger partial charge in [0.1, 0.15) is 5.76 Å². The maximum Gasteiger partial charge on any atom is 0.415 e. The van der Waals surface area contributed by atoms with E-state index in [-0.39, 0.29) is 0 Å². The molecule has 1 N–H and O–H groups in total. The number of aryl methyl sites for hydroxylation is 1. The first-order chi connectivity index (χ1) is 7.30. The average molecular weight is 237 g/mol. The number of rotatable bonds is 4. The Kier molecular flexibility index (Phi) is 3.98. The summed E-state index contributed by atoms with van der Waals surface area (Å²) in [6.45, 7) is 1.60. The molecule has 92 valence electrons. The quantitative estimate of drug-likeness (QED) is 0.869. The molecular weight excluding hydrogens is 223 g/mol. The van der Waals surface area contributed by atoms with Crippen LogP contribution in [-0.2, 0) is 6.54 Å². The monoisotopic (exact) mass is 237 g/mol. The third-order valence-corrected chi connectivity index (χ3v) is 2.27. The molecule has 3 nitrogen and oxygen atoms in total. The third kappa shape index (κ3) is 3.53. The lowest BCUT2D eigenvalue weighted by Crippen LogP contribution is -2.39. The van der Waals surface area contributed by atoms with Gasteiger partial charge in [-0.2, -0.15) is 13.2 Å². The van der Waals surface area contributed by atoms with E-state index in [1.165, 1.54) is 18.2 Å². The van der Waals surface area contributed by atoms with Gasteiger partial charge in [0.2, 0.25) is 0 Å². The Hall–Kier alpha value is -1.01. The van der Waals surface area contributed by atoms with Crippen LogP contribution in [0.1, 0.15) is 11.3 Å². The average Bonchev–Trinajstić information content (AvgIpc) is 2.50. The molecule has 1 rings (SSSR count). The first kappa shape index (κ1) is 13.1. The summed E-state index contributed by atoms with van der Waals surface area (Å²) in [7, 11) is 1.52. The van der Waals surface area contributed by atoms with Gasteiger partial charge in [0.25, 0.3) is 0 Å². The normalized spacial score (nSPS) is 14.4. The topological polar surface area (TPSA) is 36.6 Å². The standard InChI is InChI=1S/C10H14F3NO2/c1-7-8(3-4-16-7)5-14(2)6-9(15)10(11,12)13/h3-4,9,15H,5-6H2,1-2H3. The lowest BCUT2D eigenvalue weighted by atomic mass is 10.2. The van der Waals surface area contributed by atoms with Gasteiger partial charge in [-0.3, -0.25) is 4.90 Å². The predicted molar refractivity (Wildman–Crippen MR) is 51.8 cm³/mol. The molecule has 1 aromatic heterocycles. The number of alkyl halides is 3. The number of halogens is 3. The molecule has 16 heavy (non-hydrogen) atoms. The molecule has 1 unspecified atom stereocenters. The Bertz CT molecular complexity index is 335. The zero-order chi connectivity index (χ0) is 12.3.